The van der Waals surface area contributed by atoms with Gasteiger partial charge >= 0.3 is 0 Å². The first-order chi connectivity index (χ1) is 11.8. The van der Waals surface area contributed by atoms with Gasteiger partial charge in [0.05, 0.1) is 6.54 Å². The van der Waals surface area contributed by atoms with E-state index in [1.807, 2.05) is 7.05 Å². The molecular formula is C19H27N5. The number of likely N-dealkylation sites (tertiary alicyclic amines) is 1. The third-order valence-corrected chi connectivity index (χ3v) is 5.54. The second kappa shape index (κ2) is 7.03. The zero-order chi connectivity index (χ0) is 16.4. The summed E-state index contributed by atoms with van der Waals surface area (Å²) < 4.78 is 1.78. The Morgan fingerprint density at radius 2 is 1.88 bits per heavy atom. The Morgan fingerprint density at radius 1 is 1.12 bits per heavy atom. The zero-order valence-electron chi connectivity index (χ0n) is 14.4. The normalized spacial score (nSPS) is 27.3. The lowest BCUT2D eigenvalue weighted by molar-refractivity contribution is 0.0412. The van der Waals surface area contributed by atoms with Gasteiger partial charge in [-0.05, 0) is 30.2 Å². The average molecular weight is 325 g/mol. The summed E-state index contributed by atoms with van der Waals surface area (Å²) in [5.41, 5.74) is 1.43. The van der Waals surface area contributed by atoms with Crippen LogP contribution in [0, 0.1) is 11.8 Å². The lowest BCUT2D eigenvalue weighted by atomic mass is 9.73. The van der Waals surface area contributed by atoms with Crippen LogP contribution >= 0.6 is 0 Å². The predicted octanol–water partition coefficient (Wildman–Crippen LogP) is 2.21. The number of hydrogen-bond donors (Lipinski definition) is 1. The maximum atomic E-state index is 4.39. The van der Waals surface area contributed by atoms with Crippen LogP contribution in [0.2, 0.25) is 0 Å². The Labute approximate surface area is 144 Å². The number of aryl methyl sites for hydroxylation is 1. The van der Waals surface area contributed by atoms with Gasteiger partial charge in [-0.2, -0.15) is 5.10 Å². The smallest absolute Gasteiger partial charge is 0.164 e. The summed E-state index contributed by atoms with van der Waals surface area (Å²) in [6.45, 7) is 4.29. The fourth-order valence-electron chi connectivity index (χ4n) is 4.51. The van der Waals surface area contributed by atoms with Gasteiger partial charge in [-0.15, -0.1) is 0 Å². The van der Waals surface area contributed by atoms with Gasteiger partial charge in [0.25, 0.3) is 0 Å². The van der Waals surface area contributed by atoms with Crippen LogP contribution < -0.4 is 5.32 Å². The van der Waals surface area contributed by atoms with Crippen LogP contribution in [0.1, 0.15) is 30.7 Å². The maximum absolute atomic E-state index is 4.39. The summed E-state index contributed by atoms with van der Waals surface area (Å²) in [5.74, 6) is 2.41. The van der Waals surface area contributed by atoms with Gasteiger partial charge in [0.15, 0.2) is 5.82 Å². The van der Waals surface area contributed by atoms with E-state index in [4.69, 9.17) is 0 Å². The first kappa shape index (κ1) is 15.8. The molecule has 0 amide bonds. The Hall–Kier alpha value is -1.72. The van der Waals surface area contributed by atoms with Gasteiger partial charge in [0.1, 0.15) is 6.33 Å². The Morgan fingerprint density at radius 3 is 2.54 bits per heavy atom. The monoisotopic (exact) mass is 325 g/mol. The molecule has 0 radical (unpaired) electrons. The Balaban J connectivity index is 1.37. The van der Waals surface area contributed by atoms with E-state index in [1.54, 1.807) is 11.0 Å². The van der Waals surface area contributed by atoms with Gasteiger partial charge < -0.3 is 5.32 Å². The molecule has 1 aliphatic carbocycles. The molecule has 1 N–H and O–H groups in total. The SMILES string of the molecule is Cn1cnc(CNC2C3CCCC2CN(Cc2ccccc2)C3)n1. The van der Waals surface area contributed by atoms with Crippen molar-refractivity contribution in [1.82, 2.24) is 25.0 Å². The highest BCUT2D eigenvalue weighted by Gasteiger charge is 2.39. The van der Waals surface area contributed by atoms with Crippen LogP contribution in [-0.4, -0.2) is 38.8 Å². The first-order valence-corrected chi connectivity index (χ1v) is 9.12. The van der Waals surface area contributed by atoms with Gasteiger partial charge in [0.2, 0.25) is 0 Å². The largest absolute Gasteiger partial charge is 0.306 e. The molecule has 5 nitrogen and oxygen atoms in total. The zero-order valence-corrected chi connectivity index (χ0v) is 14.4. The van der Waals surface area contributed by atoms with Crippen molar-refractivity contribution in [2.45, 2.75) is 38.4 Å². The lowest BCUT2D eigenvalue weighted by Crippen LogP contribution is -2.56. The van der Waals surface area contributed by atoms with Crippen molar-refractivity contribution in [2.24, 2.45) is 18.9 Å². The van der Waals surface area contributed by atoms with Crippen LogP contribution in [-0.2, 0) is 20.1 Å². The number of piperidine rings is 1. The molecule has 128 valence electrons. The van der Waals surface area contributed by atoms with Crippen LogP contribution in [0.3, 0.4) is 0 Å². The van der Waals surface area contributed by atoms with Crippen LogP contribution in [0.5, 0.6) is 0 Å². The van der Waals surface area contributed by atoms with Crippen molar-refractivity contribution in [2.75, 3.05) is 13.1 Å². The molecule has 5 heteroatoms. The van der Waals surface area contributed by atoms with Crippen molar-refractivity contribution in [3.8, 4) is 0 Å². The van der Waals surface area contributed by atoms with E-state index in [0.29, 0.717) is 6.04 Å². The van der Waals surface area contributed by atoms with E-state index in [2.05, 4.69) is 50.6 Å². The van der Waals surface area contributed by atoms with Gasteiger partial charge in [-0.25, -0.2) is 4.98 Å². The molecule has 1 aromatic carbocycles. The van der Waals surface area contributed by atoms with E-state index >= 15 is 0 Å². The number of hydrogen-bond acceptors (Lipinski definition) is 4. The molecule has 2 atom stereocenters. The molecule has 24 heavy (non-hydrogen) atoms. The molecule has 1 aliphatic heterocycles. The third-order valence-electron chi connectivity index (χ3n) is 5.54. The quantitative estimate of drug-likeness (QED) is 0.915. The maximum Gasteiger partial charge on any atom is 0.164 e. The molecule has 4 rings (SSSR count). The highest BCUT2D eigenvalue weighted by molar-refractivity contribution is 5.14. The fourth-order valence-corrected chi connectivity index (χ4v) is 4.51. The molecule has 2 fully saturated rings. The lowest BCUT2D eigenvalue weighted by Gasteiger charge is -2.47. The van der Waals surface area contributed by atoms with Gasteiger partial charge in [0, 0.05) is 32.7 Å². The van der Waals surface area contributed by atoms with Crippen molar-refractivity contribution in [1.29, 1.82) is 0 Å². The summed E-state index contributed by atoms with van der Waals surface area (Å²) in [6, 6.07) is 11.5. The summed E-state index contributed by atoms with van der Waals surface area (Å²) in [5, 5.41) is 8.17. The minimum absolute atomic E-state index is 0.620. The number of benzene rings is 1. The molecule has 2 unspecified atom stereocenters. The minimum atomic E-state index is 0.620. The Kier molecular flexibility index (Phi) is 4.63. The summed E-state index contributed by atoms with van der Waals surface area (Å²) >= 11 is 0. The molecule has 2 aromatic rings. The molecule has 1 saturated heterocycles. The molecule has 1 aromatic heterocycles. The summed E-state index contributed by atoms with van der Waals surface area (Å²) in [6.07, 6.45) is 5.85. The standard InChI is InChI=1S/C19H27N5/c1-23-14-21-18(22-23)10-20-19-16-8-5-9-17(19)13-24(12-16)11-15-6-3-2-4-7-15/h2-4,6-7,14,16-17,19-20H,5,8-13H2,1H3. The highest BCUT2D eigenvalue weighted by atomic mass is 15.3. The van der Waals surface area contributed by atoms with E-state index in [0.717, 1.165) is 30.7 Å². The van der Waals surface area contributed by atoms with E-state index in [-0.39, 0.29) is 0 Å². The van der Waals surface area contributed by atoms with Crippen LogP contribution in [0.4, 0.5) is 0 Å². The number of aromatic nitrogens is 3. The predicted molar refractivity (Wildman–Crippen MR) is 94.2 cm³/mol. The van der Waals surface area contributed by atoms with Crippen molar-refractivity contribution < 1.29 is 0 Å². The second-order valence-corrected chi connectivity index (χ2v) is 7.37. The molecular weight excluding hydrogens is 298 g/mol. The highest BCUT2D eigenvalue weighted by Crippen LogP contribution is 2.35. The third kappa shape index (κ3) is 3.52. The van der Waals surface area contributed by atoms with Crippen molar-refractivity contribution in [3.05, 3.63) is 48.0 Å². The number of rotatable bonds is 5. The second-order valence-electron chi connectivity index (χ2n) is 7.37. The number of nitrogens with one attached hydrogen (secondary N) is 1. The molecule has 2 bridgehead atoms. The van der Waals surface area contributed by atoms with E-state index in [9.17, 15) is 0 Å². The molecule has 2 aliphatic rings. The van der Waals surface area contributed by atoms with Crippen molar-refractivity contribution >= 4 is 0 Å². The van der Waals surface area contributed by atoms with E-state index < -0.39 is 0 Å². The van der Waals surface area contributed by atoms with Crippen LogP contribution in [0.25, 0.3) is 0 Å². The fraction of sp³-hybridized carbons (Fsp3) is 0.579. The number of nitrogens with zero attached hydrogens (tertiary/aromatic N) is 4. The van der Waals surface area contributed by atoms with Crippen molar-refractivity contribution in [3.63, 3.8) is 0 Å². The summed E-state index contributed by atoms with van der Waals surface area (Å²) in [4.78, 5) is 7.00. The van der Waals surface area contributed by atoms with Gasteiger partial charge in [-0.3, -0.25) is 9.58 Å². The molecule has 2 heterocycles. The number of fused-ring (bicyclic) bond motifs is 2. The minimum Gasteiger partial charge on any atom is -0.306 e. The topological polar surface area (TPSA) is 46.0 Å². The molecule has 0 spiro atoms. The Bertz CT molecular complexity index is 639. The summed E-state index contributed by atoms with van der Waals surface area (Å²) in [7, 11) is 1.92. The molecule has 1 saturated carbocycles. The van der Waals surface area contributed by atoms with Gasteiger partial charge in [-0.1, -0.05) is 36.8 Å². The average Bonchev–Trinajstić information content (AvgIpc) is 2.99. The first-order valence-electron chi connectivity index (χ1n) is 9.12. The van der Waals surface area contributed by atoms with E-state index in [1.165, 1.54) is 37.9 Å². The van der Waals surface area contributed by atoms with Crippen LogP contribution in [0.15, 0.2) is 36.7 Å².